The van der Waals surface area contributed by atoms with Gasteiger partial charge >= 0.3 is 11.7 Å². The van der Waals surface area contributed by atoms with Gasteiger partial charge < -0.3 is 10.6 Å². The second-order valence-corrected chi connectivity index (χ2v) is 8.44. The van der Waals surface area contributed by atoms with Gasteiger partial charge in [-0.05, 0) is 42.2 Å². The normalized spacial score (nSPS) is 13.3. The van der Waals surface area contributed by atoms with E-state index in [0.717, 1.165) is 12.1 Å². The maximum atomic E-state index is 15.3. The van der Waals surface area contributed by atoms with E-state index < -0.39 is 34.6 Å². The molecule has 5 rings (SSSR count). The van der Waals surface area contributed by atoms with E-state index in [4.69, 9.17) is 0 Å². The summed E-state index contributed by atoms with van der Waals surface area (Å²) in [5.41, 5.74) is -1.01. The first-order valence-electron chi connectivity index (χ1n) is 10.9. The van der Waals surface area contributed by atoms with Crippen molar-refractivity contribution in [2.75, 3.05) is 11.9 Å². The van der Waals surface area contributed by atoms with E-state index in [-0.39, 0.29) is 34.7 Å². The number of benzene rings is 1. The van der Waals surface area contributed by atoms with E-state index in [0.29, 0.717) is 23.4 Å². The fourth-order valence-electron chi connectivity index (χ4n) is 4.26. The van der Waals surface area contributed by atoms with Crippen molar-refractivity contribution in [2.24, 2.45) is 0 Å². The number of hydrogen-bond donors (Lipinski definition) is 3. The van der Waals surface area contributed by atoms with Crippen LogP contribution in [-0.4, -0.2) is 32.1 Å². The van der Waals surface area contributed by atoms with Gasteiger partial charge in [-0.1, -0.05) is 19.9 Å². The summed E-state index contributed by atoms with van der Waals surface area (Å²) in [6, 6.07) is 5.85. The molecule has 0 fully saturated rings. The third kappa shape index (κ3) is 3.74. The number of amides is 2. The fraction of sp³-hybridized carbons (Fsp3) is 0.208. The lowest BCUT2D eigenvalue weighted by Gasteiger charge is -2.19. The summed E-state index contributed by atoms with van der Waals surface area (Å²) in [7, 11) is 0. The van der Waals surface area contributed by atoms with Gasteiger partial charge in [-0.3, -0.25) is 14.8 Å². The number of H-pyrrole nitrogens is 1. The molecular formula is C24H20F2N6O3. The molecule has 0 atom stereocenters. The Kier molecular flexibility index (Phi) is 5.39. The third-order valence-corrected chi connectivity index (χ3v) is 5.82. The average Bonchev–Trinajstić information content (AvgIpc) is 2.80. The standard InChI is InChI=1S/C24H20F2N6O3/c1-11(2)18-20-12(6-8-27-18)7-9-28-23(34)29-16-5-3-4-14(25)17(16)19-15(26)10-13-21(30-19)32(20)24(35)31-22(13)33/h3-6,8,10-11H,7,9H2,1-2H3,(H2,28,29,34)(H,31,33,35). The van der Waals surface area contributed by atoms with Gasteiger partial charge in [0.1, 0.15) is 11.5 Å². The SMILES string of the molecule is CC(C)c1nccc2c1-n1c(=O)[nH]c(=O)c3cc(F)c(nc31)-c1c(F)cccc1NC(=O)NCC2. The molecule has 0 saturated carbocycles. The quantitative estimate of drug-likeness (QED) is 0.388. The van der Waals surface area contributed by atoms with Crippen LogP contribution < -0.4 is 21.9 Å². The van der Waals surface area contributed by atoms with Crippen LogP contribution in [0.5, 0.6) is 0 Å². The molecule has 9 nitrogen and oxygen atoms in total. The Morgan fingerprint density at radius 3 is 2.66 bits per heavy atom. The van der Waals surface area contributed by atoms with Gasteiger partial charge in [-0.25, -0.2) is 27.9 Å². The van der Waals surface area contributed by atoms with Crippen molar-refractivity contribution in [2.45, 2.75) is 26.2 Å². The van der Waals surface area contributed by atoms with Crippen LogP contribution in [0.4, 0.5) is 19.3 Å². The molecule has 35 heavy (non-hydrogen) atoms. The number of anilines is 1. The zero-order chi connectivity index (χ0) is 24.9. The highest BCUT2D eigenvalue weighted by atomic mass is 19.1. The first kappa shape index (κ1) is 22.4. The van der Waals surface area contributed by atoms with Crippen LogP contribution in [0.1, 0.15) is 31.0 Å². The van der Waals surface area contributed by atoms with Gasteiger partial charge in [0.15, 0.2) is 11.5 Å². The van der Waals surface area contributed by atoms with Crippen LogP contribution in [-0.2, 0) is 6.42 Å². The molecule has 1 aromatic carbocycles. The summed E-state index contributed by atoms with van der Waals surface area (Å²) < 4.78 is 31.4. The van der Waals surface area contributed by atoms with Gasteiger partial charge in [-0.15, -0.1) is 0 Å². The first-order chi connectivity index (χ1) is 16.8. The number of rotatable bonds is 1. The van der Waals surface area contributed by atoms with Gasteiger partial charge in [0.25, 0.3) is 5.56 Å². The Labute approximate surface area is 196 Å². The molecule has 4 heterocycles. The maximum Gasteiger partial charge on any atom is 0.334 e. The molecule has 4 aromatic rings. The number of fused-ring (bicyclic) bond motifs is 5. The molecule has 1 aliphatic rings. The number of nitrogens with zero attached hydrogens (tertiary/aromatic N) is 3. The minimum absolute atomic E-state index is 0.0201. The Balaban J connectivity index is 1.99. The van der Waals surface area contributed by atoms with Crippen molar-refractivity contribution < 1.29 is 13.6 Å². The predicted octanol–water partition coefficient (Wildman–Crippen LogP) is 3.22. The first-order valence-corrected chi connectivity index (χ1v) is 10.9. The number of aromatic nitrogens is 4. The fourth-order valence-corrected chi connectivity index (χ4v) is 4.26. The molecule has 0 aliphatic carbocycles. The van der Waals surface area contributed by atoms with E-state index in [9.17, 15) is 18.8 Å². The minimum atomic E-state index is -0.993. The van der Waals surface area contributed by atoms with E-state index in [1.54, 1.807) is 12.3 Å². The molecule has 0 saturated heterocycles. The number of aromatic amines is 1. The average molecular weight is 478 g/mol. The number of pyridine rings is 2. The molecule has 0 unspecified atom stereocenters. The smallest absolute Gasteiger partial charge is 0.334 e. The highest BCUT2D eigenvalue weighted by molar-refractivity contribution is 5.95. The summed E-state index contributed by atoms with van der Waals surface area (Å²) >= 11 is 0. The predicted molar refractivity (Wildman–Crippen MR) is 126 cm³/mol. The Hall–Kier alpha value is -4.41. The molecule has 178 valence electrons. The molecule has 2 amide bonds. The lowest BCUT2D eigenvalue weighted by molar-refractivity contribution is 0.252. The largest absolute Gasteiger partial charge is 0.338 e. The third-order valence-electron chi connectivity index (χ3n) is 5.82. The van der Waals surface area contributed by atoms with E-state index in [2.05, 4.69) is 25.6 Å². The molecule has 3 aromatic heterocycles. The number of hydrogen-bond acceptors (Lipinski definition) is 5. The van der Waals surface area contributed by atoms with Crippen molar-refractivity contribution in [3.05, 3.63) is 80.3 Å². The Morgan fingerprint density at radius 2 is 1.89 bits per heavy atom. The number of urea groups is 1. The number of carbonyl (C=O) groups is 1. The van der Waals surface area contributed by atoms with E-state index in [1.165, 1.54) is 16.7 Å². The van der Waals surface area contributed by atoms with Crippen LogP contribution in [0.2, 0.25) is 0 Å². The summed E-state index contributed by atoms with van der Waals surface area (Å²) in [6.45, 7) is 3.95. The molecule has 11 heteroatoms. The highest BCUT2D eigenvalue weighted by Gasteiger charge is 2.25. The zero-order valence-electron chi connectivity index (χ0n) is 18.8. The van der Waals surface area contributed by atoms with Gasteiger partial charge in [0.05, 0.1) is 28.0 Å². The van der Waals surface area contributed by atoms with Crippen LogP contribution >= 0.6 is 0 Å². The van der Waals surface area contributed by atoms with Crippen LogP contribution in [0, 0.1) is 11.6 Å². The Bertz CT molecular complexity index is 1630. The van der Waals surface area contributed by atoms with Crippen molar-refractivity contribution in [3.63, 3.8) is 0 Å². The van der Waals surface area contributed by atoms with Crippen LogP contribution in [0.15, 0.2) is 46.1 Å². The second kappa shape index (κ2) is 8.42. The summed E-state index contributed by atoms with van der Waals surface area (Å²) in [4.78, 5) is 49.3. The summed E-state index contributed by atoms with van der Waals surface area (Å²) in [6.07, 6.45) is 1.90. The summed E-state index contributed by atoms with van der Waals surface area (Å²) in [5.74, 6) is -1.97. The number of halogens is 2. The van der Waals surface area contributed by atoms with Crippen molar-refractivity contribution in [1.29, 1.82) is 0 Å². The molecule has 2 bridgehead atoms. The van der Waals surface area contributed by atoms with Crippen LogP contribution in [0.25, 0.3) is 28.0 Å². The van der Waals surface area contributed by atoms with E-state index in [1.807, 2.05) is 13.8 Å². The molecule has 1 aliphatic heterocycles. The number of carbonyl (C=O) groups excluding carboxylic acids is 1. The zero-order valence-corrected chi connectivity index (χ0v) is 18.8. The monoisotopic (exact) mass is 478 g/mol. The topological polar surface area (TPSA) is 122 Å². The Morgan fingerprint density at radius 1 is 1.09 bits per heavy atom. The lowest BCUT2D eigenvalue weighted by Crippen LogP contribution is -2.32. The van der Waals surface area contributed by atoms with Crippen molar-refractivity contribution >= 4 is 22.8 Å². The second-order valence-electron chi connectivity index (χ2n) is 8.44. The van der Waals surface area contributed by atoms with Gasteiger partial charge in [-0.2, -0.15) is 0 Å². The lowest BCUT2D eigenvalue weighted by atomic mass is 10.0. The minimum Gasteiger partial charge on any atom is -0.338 e. The van der Waals surface area contributed by atoms with Crippen molar-refractivity contribution in [1.82, 2.24) is 24.8 Å². The van der Waals surface area contributed by atoms with E-state index >= 15 is 4.39 Å². The maximum absolute atomic E-state index is 15.3. The van der Waals surface area contributed by atoms with Gasteiger partial charge in [0.2, 0.25) is 0 Å². The summed E-state index contributed by atoms with van der Waals surface area (Å²) in [5, 5.41) is 5.03. The highest BCUT2D eigenvalue weighted by Crippen LogP contribution is 2.33. The van der Waals surface area contributed by atoms with Crippen LogP contribution in [0.3, 0.4) is 0 Å². The molecule has 3 N–H and O–H groups in total. The molecule has 0 spiro atoms. The van der Waals surface area contributed by atoms with Gasteiger partial charge in [0, 0.05) is 12.7 Å². The van der Waals surface area contributed by atoms with Crippen molar-refractivity contribution in [3.8, 4) is 16.9 Å². The molecule has 0 radical (unpaired) electrons. The number of nitrogens with one attached hydrogen (secondary N) is 3. The molecular weight excluding hydrogens is 458 g/mol.